The highest BCUT2D eigenvalue weighted by Gasteiger charge is 2.11. The fraction of sp³-hybridized carbons (Fsp3) is 0.700. The molecule has 1 saturated heterocycles. The maximum atomic E-state index is 11.1. The summed E-state index contributed by atoms with van der Waals surface area (Å²) in [5, 5.41) is 0. The van der Waals surface area contributed by atoms with Crippen molar-refractivity contribution in [3.8, 4) is 0 Å². The molecule has 0 saturated carbocycles. The monoisotopic (exact) mass is 183 g/mol. The molecule has 0 atom stereocenters. The molecule has 0 bridgehead atoms. The van der Waals surface area contributed by atoms with Crippen molar-refractivity contribution in [1.29, 1.82) is 0 Å². The fourth-order valence-corrected chi connectivity index (χ4v) is 1.55. The second-order valence-electron chi connectivity index (χ2n) is 3.40. The number of nitrogens with zero attached hydrogens (tertiary/aromatic N) is 1. The van der Waals surface area contributed by atoms with Gasteiger partial charge in [-0.05, 0) is 38.9 Å². The highest BCUT2D eigenvalue weighted by atomic mass is 16.5. The zero-order valence-corrected chi connectivity index (χ0v) is 8.38. The molecule has 13 heavy (non-hydrogen) atoms. The van der Waals surface area contributed by atoms with E-state index in [1.807, 2.05) is 6.92 Å². The number of hydrogen-bond donors (Lipinski definition) is 0. The summed E-state index contributed by atoms with van der Waals surface area (Å²) >= 11 is 0. The Morgan fingerprint density at radius 2 is 2.46 bits per heavy atom. The van der Waals surface area contributed by atoms with Crippen LogP contribution in [0.15, 0.2) is 11.6 Å². The Balaban J connectivity index is 2.44. The lowest BCUT2D eigenvalue weighted by Gasteiger charge is -2.23. The van der Waals surface area contributed by atoms with Crippen LogP contribution in [0, 0.1) is 0 Å². The molecule has 1 heterocycles. The molecule has 0 aromatic carbocycles. The van der Waals surface area contributed by atoms with E-state index < -0.39 is 0 Å². The number of likely N-dealkylation sites (N-methyl/N-ethyl adjacent to an activating group) is 1. The molecule has 0 aromatic rings. The summed E-state index contributed by atoms with van der Waals surface area (Å²) in [5.74, 6) is -0.201. The van der Waals surface area contributed by atoms with Crippen LogP contribution < -0.4 is 0 Å². The lowest BCUT2D eigenvalue weighted by molar-refractivity contribution is -0.137. The summed E-state index contributed by atoms with van der Waals surface area (Å²) in [7, 11) is 2.07. The minimum Gasteiger partial charge on any atom is -0.463 e. The second kappa shape index (κ2) is 5.02. The van der Waals surface area contributed by atoms with Crippen molar-refractivity contribution in [3.05, 3.63) is 11.6 Å². The third kappa shape index (κ3) is 3.59. The van der Waals surface area contributed by atoms with Gasteiger partial charge in [0, 0.05) is 12.6 Å². The minimum atomic E-state index is -0.201. The molecule has 0 radical (unpaired) electrons. The Hall–Kier alpha value is -0.830. The summed E-state index contributed by atoms with van der Waals surface area (Å²) in [6.45, 7) is 4.31. The molecule has 0 spiro atoms. The molecule has 3 heteroatoms. The maximum Gasteiger partial charge on any atom is 0.330 e. The molecule has 0 aromatic heterocycles. The van der Waals surface area contributed by atoms with Crippen LogP contribution in [0.1, 0.15) is 19.8 Å². The number of piperidine rings is 1. The van der Waals surface area contributed by atoms with E-state index >= 15 is 0 Å². The fourth-order valence-electron chi connectivity index (χ4n) is 1.55. The first kappa shape index (κ1) is 10.3. The summed E-state index contributed by atoms with van der Waals surface area (Å²) in [4.78, 5) is 13.3. The van der Waals surface area contributed by atoms with Gasteiger partial charge in [0.15, 0.2) is 0 Å². The van der Waals surface area contributed by atoms with Crippen molar-refractivity contribution in [3.63, 3.8) is 0 Å². The lowest BCUT2D eigenvalue weighted by atomic mass is 10.1. The van der Waals surface area contributed by atoms with Crippen molar-refractivity contribution in [2.75, 3.05) is 26.7 Å². The molecule has 0 N–H and O–H groups in total. The number of carbonyl (C=O) groups excluding carboxylic acids is 1. The highest BCUT2D eigenvalue weighted by molar-refractivity contribution is 5.82. The van der Waals surface area contributed by atoms with E-state index in [0.717, 1.165) is 25.9 Å². The van der Waals surface area contributed by atoms with Crippen LogP contribution in [0.4, 0.5) is 0 Å². The summed E-state index contributed by atoms with van der Waals surface area (Å²) < 4.78 is 4.85. The van der Waals surface area contributed by atoms with Crippen molar-refractivity contribution in [1.82, 2.24) is 4.90 Å². The number of likely N-dealkylation sites (tertiary alicyclic amines) is 1. The van der Waals surface area contributed by atoms with Crippen molar-refractivity contribution >= 4 is 5.97 Å². The van der Waals surface area contributed by atoms with Gasteiger partial charge in [0.2, 0.25) is 0 Å². The van der Waals surface area contributed by atoms with Gasteiger partial charge in [-0.15, -0.1) is 0 Å². The first-order valence-corrected chi connectivity index (χ1v) is 4.77. The first-order chi connectivity index (χ1) is 6.22. The second-order valence-corrected chi connectivity index (χ2v) is 3.40. The highest BCUT2D eigenvalue weighted by Crippen LogP contribution is 2.13. The lowest BCUT2D eigenvalue weighted by Crippen LogP contribution is -2.27. The van der Waals surface area contributed by atoms with E-state index in [9.17, 15) is 4.79 Å². The molecule has 1 fully saturated rings. The molecule has 0 amide bonds. The standard InChI is InChI=1S/C10H17NO2/c1-3-13-10(12)7-9-5-4-6-11(2)8-9/h7H,3-6,8H2,1-2H3. The molecule has 1 aliphatic rings. The number of rotatable bonds is 2. The minimum absolute atomic E-state index is 0.201. The van der Waals surface area contributed by atoms with Crippen molar-refractivity contribution in [2.24, 2.45) is 0 Å². The van der Waals surface area contributed by atoms with Crippen molar-refractivity contribution in [2.45, 2.75) is 19.8 Å². The van der Waals surface area contributed by atoms with Gasteiger partial charge in [-0.1, -0.05) is 0 Å². The van der Waals surface area contributed by atoms with Crippen LogP contribution >= 0.6 is 0 Å². The number of hydrogen-bond acceptors (Lipinski definition) is 3. The van der Waals surface area contributed by atoms with Crippen LogP contribution in [-0.4, -0.2) is 37.6 Å². The summed E-state index contributed by atoms with van der Waals surface area (Å²) in [6.07, 6.45) is 3.81. The molecule has 1 aliphatic heterocycles. The van der Waals surface area contributed by atoms with Crippen LogP contribution in [0.25, 0.3) is 0 Å². The number of carbonyl (C=O) groups is 1. The largest absolute Gasteiger partial charge is 0.463 e. The SMILES string of the molecule is CCOC(=O)C=C1CCCN(C)C1. The Morgan fingerprint density at radius 1 is 1.69 bits per heavy atom. The molecular weight excluding hydrogens is 166 g/mol. The van der Waals surface area contributed by atoms with Gasteiger partial charge >= 0.3 is 5.97 Å². The van der Waals surface area contributed by atoms with E-state index in [2.05, 4.69) is 11.9 Å². The van der Waals surface area contributed by atoms with Crippen LogP contribution in [0.3, 0.4) is 0 Å². The van der Waals surface area contributed by atoms with Gasteiger partial charge in [-0.25, -0.2) is 4.79 Å². The summed E-state index contributed by atoms with van der Waals surface area (Å²) in [5.41, 5.74) is 1.19. The Bertz CT molecular complexity index is 211. The smallest absolute Gasteiger partial charge is 0.330 e. The Morgan fingerprint density at radius 3 is 3.08 bits per heavy atom. The first-order valence-electron chi connectivity index (χ1n) is 4.77. The molecule has 0 aliphatic carbocycles. The Labute approximate surface area is 79.4 Å². The van der Waals surface area contributed by atoms with Gasteiger partial charge in [-0.2, -0.15) is 0 Å². The van der Waals surface area contributed by atoms with E-state index in [0.29, 0.717) is 6.61 Å². The topological polar surface area (TPSA) is 29.5 Å². The van der Waals surface area contributed by atoms with Crippen LogP contribution in [0.2, 0.25) is 0 Å². The third-order valence-corrected chi connectivity index (χ3v) is 2.12. The quantitative estimate of drug-likeness (QED) is 0.476. The van der Waals surface area contributed by atoms with E-state index in [1.165, 1.54) is 5.57 Å². The van der Waals surface area contributed by atoms with Gasteiger partial charge < -0.3 is 9.64 Å². The predicted molar refractivity (Wildman–Crippen MR) is 51.4 cm³/mol. The van der Waals surface area contributed by atoms with Gasteiger partial charge in [0.25, 0.3) is 0 Å². The number of esters is 1. The third-order valence-electron chi connectivity index (χ3n) is 2.12. The van der Waals surface area contributed by atoms with E-state index in [-0.39, 0.29) is 5.97 Å². The molecule has 0 unspecified atom stereocenters. The Kier molecular flexibility index (Phi) is 3.96. The van der Waals surface area contributed by atoms with E-state index in [1.54, 1.807) is 6.08 Å². The van der Waals surface area contributed by atoms with E-state index in [4.69, 9.17) is 4.74 Å². The molecular formula is C10H17NO2. The molecule has 3 nitrogen and oxygen atoms in total. The predicted octanol–water partition coefficient (Wildman–Crippen LogP) is 1.20. The molecule has 74 valence electrons. The van der Waals surface area contributed by atoms with Crippen LogP contribution in [-0.2, 0) is 9.53 Å². The van der Waals surface area contributed by atoms with Gasteiger partial charge in [0.1, 0.15) is 0 Å². The van der Waals surface area contributed by atoms with Crippen molar-refractivity contribution < 1.29 is 9.53 Å². The zero-order chi connectivity index (χ0) is 9.68. The normalized spacial score (nSPS) is 21.8. The summed E-state index contributed by atoms with van der Waals surface area (Å²) in [6, 6.07) is 0. The average molecular weight is 183 g/mol. The molecule has 1 rings (SSSR count). The average Bonchev–Trinajstić information content (AvgIpc) is 2.04. The maximum absolute atomic E-state index is 11.1. The number of ether oxygens (including phenoxy) is 1. The zero-order valence-electron chi connectivity index (χ0n) is 8.38. The van der Waals surface area contributed by atoms with Crippen LogP contribution in [0.5, 0.6) is 0 Å². The van der Waals surface area contributed by atoms with Gasteiger partial charge in [0.05, 0.1) is 6.61 Å². The van der Waals surface area contributed by atoms with Gasteiger partial charge in [-0.3, -0.25) is 0 Å².